The Kier molecular flexibility index (Phi) is 5.72. The molecule has 1 atom stereocenters. The average molecular weight is 328 g/mol. The Balaban J connectivity index is 1.65. The van der Waals surface area contributed by atoms with E-state index in [9.17, 15) is 0 Å². The third-order valence-electron chi connectivity index (χ3n) is 4.73. The average Bonchev–Trinajstić information content (AvgIpc) is 3.00. The van der Waals surface area contributed by atoms with E-state index in [1.54, 1.807) is 0 Å². The maximum absolute atomic E-state index is 5.92. The summed E-state index contributed by atoms with van der Waals surface area (Å²) in [5.41, 5.74) is 4.02. The van der Waals surface area contributed by atoms with E-state index in [-0.39, 0.29) is 6.04 Å². The minimum atomic E-state index is 0.258. The molecule has 0 amide bonds. The summed E-state index contributed by atoms with van der Waals surface area (Å²) >= 11 is 0. The fourth-order valence-corrected chi connectivity index (χ4v) is 3.32. The Labute approximate surface area is 144 Å². The molecule has 1 saturated heterocycles. The van der Waals surface area contributed by atoms with Crippen molar-refractivity contribution in [3.05, 3.63) is 58.5 Å². The smallest absolute Gasteiger partial charge is 0.122 e. The van der Waals surface area contributed by atoms with Crippen LogP contribution in [0.5, 0.6) is 0 Å². The number of rotatable bonds is 6. The lowest BCUT2D eigenvalue weighted by Crippen LogP contribution is -2.42. The van der Waals surface area contributed by atoms with Gasteiger partial charge in [0.25, 0.3) is 0 Å². The van der Waals surface area contributed by atoms with Crippen LogP contribution in [0.25, 0.3) is 0 Å². The monoisotopic (exact) mass is 328 g/mol. The molecule has 1 fully saturated rings. The van der Waals surface area contributed by atoms with Gasteiger partial charge in [-0.25, -0.2) is 0 Å². The molecule has 2 aromatic rings. The first-order valence-electron chi connectivity index (χ1n) is 8.78. The van der Waals surface area contributed by atoms with Gasteiger partial charge in [0.05, 0.1) is 19.3 Å². The van der Waals surface area contributed by atoms with Gasteiger partial charge in [0.2, 0.25) is 0 Å². The zero-order valence-electron chi connectivity index (χ0n) is 15.0. The molecule has 1 unspecified atom stereocenters. The molecule has 1 aliphatic rings. The second kappa shape index (κ2) is 7.97. The van der Waals surface area contributed by atoms with E-state index in [4.69, 9.17) is 9.15 Å². The van der Waals surface area contributed by atoms with Gasteiger partial charge < -0.3 is 14.5 Å². The predicted molar refractivity (Wildman–Crippen MR) is 96.2 cm³/mol. The second-order valence-corrected chi connectivity index (χ2v) is 6.67. The molecule has 4 nitrogen and oxygen atoms in total. The summed E-state index contributed by atoms with van der Waals surface area (Å²) in [6, 6.07) is 11.1. The van der Waals surface area contributed by atoms with E-state index in [2.05, 4.69) is 48.3 Å². The van der Waals surface area contributed by atoms with Gasteiger partial charge in [0, 0.05) is 26.2 Å². The Morgan fingerprint density at radius 1 is 1.08 bits per heavy atom. The number of furan rings is 1. The van der Waals surface area contributed by atoms with Gasteiger partial charge in [-0.15, -0.1) is 0 Å². The van der Waals surface area contributed by atoms with Crippen LogP contribution in [0, 0.1) is 20.8 Å². The molecule has 0 spiro atoms. The highest BCUT2D eigenvalue weighted by Crippen LogP contribution is 2.23. The quantitative estimate of drug-likeness (QED) is 0.882. The molecular weight excluding hydrogens is 300 g/mol. The lowest BCUT2D eigenvalue weighted by molar-refractivity contribution is 0.0115. The van der Waals surface area contributed by atoms with Gasteiger partial charge in [-0.1, -0.05) is 23.8 Å². The summed E-state index contributed by atoms with van der Waals surface area (Å²) < 4.78 is 11.4. The standard InChI is InChI=1S/C20H28N2O2/c1-15-4-6-18(16(2)12-15)13-21-14-19(20-7-5-17(3)24-20)22-8-10-23-11-9-22/h4-7,12,19,21H,8-11,13-14H2,1-3H3. The first kappa shape index (κ1) is 17.2. The summed E-state index contributed by atoms with van der Waals surface area (Å²) in [5.74, 6) is 2.01. The van der Waals surface area contributed by atoms with E-state index in [1.807, 2.05) is 13.0 Å². The van der Waals surface area contributed by atoms with Gasteiger partial charge in [-0.05, 0) is 44.0 Å². The van der Waals surface area contributed by atoms with Crippen molar-refractivity contribution in [1.29, 1.82) is 0 Å². The Morgan fingerprint density at radius 2 is 1.88 bits per heavy atom. The van der Waals surface area contributed by atoms with Crippen molar-refractivity contribution in [2.45, 2.75) is 33.4 Å². The molecule has 0 saturated carbocycles. The number of benzene rings is 1. The van der Waals surface area contributed by atoms with Crippen LogP contribution < -0.4 is 5.32 Å². The number of hydrogen-bond acceptors (Lipinski definition) is 4. The SMILES string of the molecule is Cc1ccc(CNCC(c2ccc(C)o2)N2CCOCC2)c(C)c1. The van der Waals surface area contributed by atoms with Crippen molar-refractivity contribution < 1.29 is 9.15 Å². The molecule has 0 bridgehead atoms. The predicted octanol–water partition coefficient (Wildman–Crippen LogP) is 3.37. The van der Waals surface area contributed by atoms with Crippen molar-refractivity contribution >= 4 is 0 Å². The number of nitrogens with zero attached hydrogens (tertiary/aromatic N) is 1. The third kappa shape index (κ3) is 4.26. The highest BCUT2D eigenvalue weighted by Gasteiger charge is 2.24. The van der Waals surface area contributed by atoms with E-state index in [0.29, 0.717) is 0 Å². The zero-order chi connectivity index (χ0) is 16.9. The third-order valence-corrected chi connectivity index (χ3v) is 4.73. The van der Waals surface area contributed by atoms with E-state index < -0.39 is 0 Å². The zero-order valence-corrected chi connectivity index (χ0v) is 15.0. The van der Waals surface area contributed by atoms with Crippen LogP contribution in [0.2, 0.25) is 0 Å². The number of aryl methyl sites for hydroxylation is 3. The topological polar surface area (TPSA) is 37.6 Å². The summed E-state index contributed by atoms with van der Waals surface area (Å²) in [4.78, 5) is 2.46. The summed E-state index contributed by atoms with van der Waals surface area (Å²) in [6.07, 6.45) is 0. The maximum Gasteiger partial charge on any atom is 0.122 e. The van der Waals surface area contributed by atoms with Crippen LogP contribution in [0.4, 0.5) is 0 Å². The summed E-state index contributed by atoms with van der Waals surface area (Å²) in [7, 11) is 0. The summed E-state index contributed by atoms with van der Waals surface area (Å²) in [6.45, 7) is 11.6. The van der Waals surface area contributed by atoms with Crippen LogP contribution >= 0.6 is 0 Å². The van der Waals surface area contributed by atoms with Crippen LogP contribution in [0.15, 0.2) is 34.7 Å². The first-order valence-corrected chi connectivity index (χ1v) is 8.78. The molecule has 1 aliphatic heterocycles. The lowest BCUT2D eigenvalue weighted by Gasteiger charge is -2.33. The fraction of sp³-hybridized carbons (Fsp3) is 0.500. The number of hydrogen-bond donors (Lipinski definition) is 1. The van der Waals surface area contributed by atoms with Crippen LogP contribution in [0.3, 0.4) is 0 Å². The molecule has 1 N–H and O–H groups in total. The molecule has 2 heterocycles. The van der Waals surface area contributed by atoms with Gasteiger partial charge >= 0.3 is 0 Å². The largest absolute Gasteiger partial charge is 0.465 e. The first-order chi connectivity index (χ1) is 11.6. The highest BCUT2D eigenvalue weighted by atomic mass is 16.5. The summed E-state index contributed by atoms with van der Waals surface area (Å²) in [5, 5.41) is 3.62. The van der Waals surface area contributed by atoms with E-state index in [1.165, 1.54) is 16.7 Å². The molecule has 1 aromatic carbocycles. The second-order valence-electron chi connectivity index (χ2n) is 6.67. The van der Waals surface area contributed by atoms with Crippen LogP contribution in [0.1, 0.15) is 34.3 Å². The Bertz CT molecular complexity index is 659. The fourth-order valence-electron chi connectivity index (χ4n) is 3.32. The lowest BCUT2D eigenvalue weighted by atomic mass is 10.1. The minimum Gasteiger partial charge on any atom is -0.465 e. The Morgan fingerprint density at radius 3 is 2.54 bits per heavy atom. The molecule has 4 heteroatoms. The van der Waals surface area contributed by atoms with Crippen molar-refractivity contribution in [3.63, 3.8) is 0 Å². The van der Waals surface area contributed by atoms with Gasteiger partial charge in [-0.3, -0.25) is 4.90 Å². The Hall–Kier alpha value is -1.62. The van der Waals surface area contributed by atoms with Crippen molar-refractivity contribution in [1.82, 2.24) is 10.2 Å². The number of morpholine rings is 1. The molecule has 3 rings (SSSR count). The van der Waals surface area contributed by atoms with Gasteiger partial charge in [-0.2, -0.15) is 0 Å². The minimum absolute atomic E-state index is 0.258. The van der Waals surface area contributed by atoms with Gasteiger partial charge in [0.1, 0.15) is 11.5 Å². The molecule has 0 radical (unpaired) electrons. The van der Waals surface area contributed by atoms with Crippen molar-refractivity contribution in [3.8, 4) is 0 Å². The van der Waals surface area contributed by atoms with E-state index >= 15 is 0 Å². The molecule has 0 aliphatic carbocycles. The molecule has 1 aromatic heterocycles. The normalized spacial score (nSPS) is 17.1. The molecular formula is C20H28N2O2. The molecule has 24 heavy (non-hydrogen) atoms. The van der Waals surface area contributed by atoms with Crippen molar-refractivity contribution in [2.24, 2.45) is 0 Å². The molecule has 130 valence electrons. The van der Waals surface area contributed by atoms with Gasteiger partial charge in [0.15, 0.2) is 0 Å². The van der Waals surface area contributed by atoms with Crippen molar-refractivity contribution in [2.75, 3.05) is 32.8 Å². The van der Waals surface area contributed by atoms with E-state index in [0.717, 1.165) is 50.9 Å². The maximum atomic E-state index is 5.92. The van der Waals surface area contributed by atoms with Crippen LogP contribution in [-0.4, -0.2) is 37.7 Å². The number of nitrogens with one attached hydrogen (secondary N) is 1. The van der Waals surface area contributed by atoms with Crippen LogP contribution in [-0.2, 0) is 11.3 Å². The highest BCUT2D eigenvalue weighted by molar-refractivity contribution is 5.30. The number of ether oxygens (including phenoxy) is 1.